The van der Waals surface area contributed by atoms with Crippen LogP contribution in [0.5, 0.6) is 0 Å². The molecule has 0 bridgehead atoms. The van der Waals surface area contributed by atoms with Gasteiger partial charge in [0.15, 0.2) is 5.92 Å². The van der Waals surface area contributed by atoms with Gasteiger partial charge in [-0.15, -0.1) is 0 Å². The van der Waals surface area contributed by atoms with E-state index < -0.39 is 34.8 Å². The quantitative estimate of drug-likeness (QED) is 0.331. The fourth-order valence-corrected chi connectivity index (χ4v) is 3.02. The highest BCUT2D eigenvalue weighted by Crippen LogP contribution is 2.20. The fourth-order valence-electron chi connectivity index (χ4n) is 2.59. The molecule has 29 heavy (non-hydrogen) atoms. The number of hydrogen-bond acceptors (Lipinski definition) is 6. The summed E-state index contributed by atoms with van der Waals surface area (Å²) in [6, 6.07) is 11.0. The van der Waals surface area contributed by atoms with E-state index in [4.69, 9.17) is 11.6 Å². The molecule has 148 valence electrons. The molecule has 2 aromatic carbocycles. The number of ether oxygens (including phenoxy) is 1. The van der Waals surface area contributed by atoms with Crippen LogP contribution in [-0.4, -0.2) is 34.7 Å². The third-order valence-electron chi connectivity index (χ3n) is 3.98. The number of aromatic amines is 1. The number of nitrogens with zero attached hydrogens (tertiary/aromatic N) is 1. The molecule has 1 aromatic heterocycles. The summed E-state index contributed by atoms with van der Waals surface area (Å²) in [4.78, 5) is 56.5. The number of esters is 1. The highest BCUT2D eigenvalue weighted by molar-refractivity contribution is 9.10. The van der Waals surface area contributed by atoms with Crippen LogP contribution in [0.2, 0.25) is 5.02 Å². The third-order valence-corrected chi connectivity index (χ3v) is 4.74. The molecule has 1 amide bonds. The minimum Gasteiger partial charge on any atom is -0.468 e. The summed E-state index contributed by atoms with van der Waals surface area (Å²) in [5.41, 5.74) is -0.298. The molecule has 0 spiro atoms. The lowest BCUT2D eigenvalue weighted by molar-refractivity contribution is -0.148. The largest absolute Gasteiger partial charge is 0.468 e. The first-order valence-corrected chi connectivity index (χ1v) is 9.35. The molecule has 1 heterocycles. The molecule has 0 saturated heterocycles. The standard InChI is InChI=1S/C19H13BrClN3O5/c1-29-19(28)14(16(25)18(27)22-11-5-2-9(20)3-6-11)15-17(26)24-13-8-10(21)4-7-12(13)23-15/h2-8,14H,1H3,(H,22,27)(H,24,26)/t14-/m0/s1. The predicted octanol–water partition coefficient (Wildman–Crippen LogP) is 2.80. The molecule has 0 aliphatic rings. The first-order valence-electron chi connectivity index (χ1n) is 8.18. The molecule has 0 saturated carbocycles. The molecule has 0 radical (unpaired) electrons. The lowest BCUT2D eigenvalue weighted by Crippen LogP contribution is -2.37. The number of rotatable bonds is 5. The zero-order valence-electron chi connectivity index (χ0n) is 14.9. The van der Waals surface area contributed by atoms with Gasteiger partial charge in [0.2, 0.25) is 5.78 Å². The van der Waals surface area contributed by atoms with Gasteiger partial charge in [0, 0.05) is 15.2 Å². The Balaban J connectivity index is 1.99. The van der Waals surface area contributed by atoms with Crippen molar-refractivity contribution in [1.82, 2.24) is 9.97 Å². The summed E-state index contributed by atoms with van der Waals surface area (Å²) >= 11 is 9.15. The number of benzene rings is 2. The van der Waals surface area contributed by atoms with Crippen LogP contribution in [0.4, 0.5) is 5.69 Å². The van der Waals surface area contributed by atoms with Crippen molar-refractivity contribution < 1.29 is 19.1 Å². The van der Waals surface area contributed by atoms with Crippen LogP contribution >= 0.6 is 27.5 Å². The van der Waals surface area contributed by atoms with E-state index in [9.17, 15) is 19.2 Å². The maximum atomic E-state index is 12.7. The number of anilines is 1. The number of nitrogens with one attached hydrogen (secondary N) is 2. The minimum atomic E-state index is -1.82. The van der Waals surface area contributed by atoms with Crippen LogP contribution in [0.15, 0.2) is 51.7 Å². The molecule has 3 aromatic rings. The predicted molar refractivity (Wildman–Crippen MR) is 110 cm³/mol. The lowest BCUT2D eigenvalue weighted by atomic mass is 9.99. The zero-order valence-corrected chi connectivity index (χ0v) is 17.2. The van der Waals surface area contributed by atoms with Gasteiger partial charge in [-0.25, -0.2) is 4.98 Å². The lowest BCUT2D eigenvalue weighted by Gasteiger charge is -2.13. The normalized spacial score (nSPS) is 11.7. The summed E-state index contributed by atoms with van der Waals surface area (Å²) < 4.78 is 5.41. The van der Waals surface area contributed by atoms with Gasteiger partial charge in [0.25, 0.3) is 11.5 Å². The van der Waals surface area contributed by atoms with Gasteiger partial charge in [0.1, 0.15) is 5.69 Å². The van der Waals surface area contributed by atoms with E-state index in [0.717, 1.165) is 11.6 Å². The second kappa shape index (κ2) is 8.54. The molecule has 2 N–H and O–H groups in total. The molecule has 0 aliphatic carbocycles. The smallest absolute Gasteiger partial charge is 0.323 e. The number of fused-ring (bicyclic) bond motifs is 1. The highest BCUT2D eigenvalue weighted by atomic mass is 79.9. The number of methoxy groups -OCH3 is 1. The SMILES string of the molecule is COC(=O)[C@H](C(=O)C(=O)Nc1ccc(Br)cc1)c1nc2ccc(Cl)cc2[nH]c1=O. The molecule has 0 unspecified atom stereocenters. The van der Waals surface area contributed by atoms with Crippen molar-refractivity contribution in [2.75, 3.05) is 12.4 Å². The monoisotopic (exact) mass is 477 g/mol. The van der Waals surface area contributed by atoms with Crippen LogP contribution in [0.25, 0.3) is 11.0 Å². The van der Waals surface area contributed by atoms with E-state index in [2.05, 4.69) is 36.0 Å². The van der Waals surface area contributed by atoms with Gasteiger partial charge in [0.05, 0.1) is 18.1 Å². The first-order chi connectivity index (χ1) is 13.8. The van der Waals surface area contributed by atoms with Crippen molar-refractivity contribution in [1.29, 1.82) is 0 Å². The number of ketones is 1. The summed E-state index contributed by atoms with van der Waals surface area (Å²) in [6.07, 6.45) is 0. The average molecular weight is 479 g/mol. The number of halogens is 2. The third kappa shape index (κ3) is 4.52. The molecule has 3 rings (SSSR count). The van der Waals surface area contributed by atoms with Crippen molar-refractivity contribution in [3.05, 3.63) is 68.0 Å². The van der Waals surface area contributed by atoms with Gasteiger partial charge in [-0.05, 0) is 42.5 Å². The number of hydrogen-bond donors (Lipinski definition) is 2. The first kappa shape index (κ1) is 20.7. The molecular formula is C19H13BrClN3O5. The van der Waals surface area contributed by atoms with Gasteiger partial charge in [-0.2, -0.15) is 0 Å². The summed E-state index contributed by atoms with van der Waals surface area (Å²) in [5.74, 6) is -5.15. The van der Waals surface area contributed by atoms with Crippen LogP contribution in [0, 0.1) is 0 Å². The van der Waals surface area contributed by atoms with Crippen molar-refractivity contribution >= 4 is 61.9 Å². The number of aromatic nitrogens is 2. The summed E-state index contributed by atoms with van der Waals surface area (Å²) in [5, 5.41) is 2.76. The maximum Gasteiger partial charge on any atom is 0.323 e. The van der Waals surface area contributed by atoms with Gasteiger partial charge in [-0.3, -0.25) is 19.2 Å². The second-order valence-corrected chi connectivity index (χ2v) is 7.25. The van der Waals surface area contributed by atoms with Crippen molar-refractivity contribution in [2.24, 2.45) is 0 Å². The second-order valence-electron chi connectivity index (χ2n) is 5.89. The Hall–Kier alpha value is -3.04. The Labute approximate surface area is 177 Å². The van der Waals surface area contributed by atoms with Gasteiger partial charge < -0.3 is 15.0 Å². The molecule has 0 fully saturated rings. The zero-order chi connectivity index (χ0) is 21.1. The summed E-state index contributed by atoms with van der Waals surface area (Å²) in [7, 11) is 1.05. The molecular weight excluding hydrogens is 466 g/mol. The van der Waals surface area contributed by atoms with Crippen LogP contribution in [-0.2, 0) is 19.1 Å². The van der Waals surface area contributed by atoms with Crippen molar-refractivity contribution in [3.8, 4) is 0 Å². The Kier molecular flexibility index (Phi) is 6.09. The van der Waals surface area contributed by atoms with E-state index in [-0.39, 0.29) is 0 Å². The van der Waals surface area contributed by atoms with Crippen LogP contribution < -0.4 is 10.9 Å². The van der Waals surface area contributed by atoms with Gasteiger partial charge in [-0.1, -0.05) is 27.5 Å². The maximum absolute atomic E-state index is 12.7. The van der Waals surface area contributed by atoms with E-state index in [1.165, 1.54) is 18.2 Å². The van der Waals surface area contributed by atoms with E-state index >= 15 is 0 Å². The molecule has 0 aliphatic heterocycles. The summed E-state index contributed by atoms with van der Waals surface area (Å²) in [6.45, 7) is 0. The van der Waals surface area contributed by atoms with E-state index in [1.54, 1.807) is 24.3 Å². The Morgan fingerprint density at radius 1 is 1.17 bits per heavy atom. The van der Waals surface area contributed by atoms with E-state index in [0.29, 0.717) is 21.7 Å². The number of carbonyl (C=O) groups excluding carboxylic acids is 3. The fraction of sp³-hybridized carbons (Fsp3) is 0.105. The number of Topliss-reactive ketones (excluding diaryl/α,β-unsaturated/α-hetero) is 1. The van der Waals surface area contributed by atoms with Crippen molar-refractivity contribution in [3.63, 3.8) is 0 Å². The molecule has 1 atom stereocenters. The number of carbonyl (C=O) groups is 3. The molecule has 10 heteroatoms. The van der Waals surface area contributed by atoms with Crippen LogP contribution in [0.1, 0.15) is 11.6 Å². The van der Waals surface area contributed by atoms with Crippen molar-refractivity contribution in [2.45, 2.75) is 5.92 Å². The Bertz CT molecular complexity index is 1180. The average Bonchev–Trinajstić information content (AvgIpc) is 2.70. The highest BCUT2D eigenvalue weighted by Gasteiger charge is 2.37. The van der Waals surface area contributed by atoms with Gasteiger partial charge >= 0.3 is 5.97 Å². The molecule has 8 nitrogen and oxygen atoms in total. The number of amides is 1. The number of H-pyrrole nitrogens is 1. The van der Waals surface area contributed by atoms with Crippen LogP contribution in [0.3, 0.4) is 0 Å². The topological polar surface area (TPSA) is 118 Å². The minimum absolute atomic E-state index is 0.291. The Morgan fingerprint density at radius 3 is 2.52 bits per heavy atom. The Morgan fingerprint density at radius 2 is 1.86 bits per heavy atom. The van der Waals surface area contributed by atoms with E-state index in [1.807, 2.05) is 0 Å².